The lowest BCUT2D eigenvalue weighted by Crippen LogP contribution is -2.34. The Hall–Kier alpha value is -1.42. The fourth-order valence-corrected chi connectivity index (χ4v) is 4.75. The van der Waals surface area contributed by atoms with Gasteiger partial charge < -0.3 is 9.47 Å². The highest BCUT2D eigenvalue weighted by Gasteiger charge is 2.33. The van der Waals surface area contributed by atoms with Crippen molar-refractivity contribution in [3.05, 3.63) is 41.5 Å². The predicted octanol–water partition coefficient (Wildman–Crippen LogP) is 6.40. The number of halogens is 2. The van der Waals surface area contributed by atoms with Crippen LogP contribution in [0.4, 0.5) is 8.78 Å². The monoisotopic (exact) mass is 378 g/mol. The molecule has 0 amide bonds. The summed E-state index contributed by atoms with van der Waals surface area (Å²) in [6, 6.07) is 3.23. The molecule has 2 unspecified atom stereocenters. The molecule has 2 atom stereocenters. The number of allylic oxidation sites excluding steroid dienone is 2. The van der Waals surface area contributed by atoms with E-state index >= 15 is 0 Å². The molecule has 0 aromatic heterocycles. The fourth-order valence-electron chi connectivity index (χ4n) is 4.75. The van der Waals surface area contributed by atoms with Gasteiger partial charge in [0, 0.05) is 6.61 Å². The minimum absolute atomic E-state index is 0.0236. The molecule has 2 aliphatic rings. The van der Waals surface area contributed by atoms with Crippen molar-refractivity contribution in [3.8, 4) is 5.75 Å². The Morgan fingerprint density at radius 3 is 2.48 bits per heavy atom. The van der Waals surface area contributed by atoms with Crippen molar-refractivity contribution in [1.82, 2.24) is 0 Å². The van der Waals surface area contributed by atoms with Gasteiger partial charge in [0.05, 0.1) is 13.2 Å². The molecule has 0 N–H and O–H groups in total. The molecule has 1 saturated carbocycles. The Morgan fingerprint density at radius 1 is 1.07 bits per heavy atom. The van der Waals surface area contributed by atoms with Gasteiger partial charge in [0.1, 0.15) is 0 Å². The van der Waals surface area contributed by atoms with E-state index in [4.69, 9.17) is 9.47 Å². The van der Waals surface area contributed by atoms with Crippen LogP contribution in [0.2, 0.25) is 0 Å². The Bertz CT molecular complexity index is 628. The first kappa shape index (κ1) is 20.3. The second-order valence-corrected chi connectivity index (χ2v) is 8.06. The smallest absolute Gasteiger partial charge is 0.200 e. The molecule has 2 fully saturated rings. The van der Waals surface area contributed by atoms with Crippen LogP contribution in [-0.4, -0.2) is 19.8 Å². The molecule has 3 rings (SSSR count). The zero-order chi connectivity index (χ0) is 19.2. The topological polar surface area (TPSA) is 18.5 Å². The van der Waals surface area contributed by atoms with Crippen LogP contribution in [0.3, 0.4) is 0 Å². The lowest BCUT2D eigenvalue weighted by atomic mass is 9.75. The van der Waals surface area contributed by atoms with E-state index in [1.54, 1.807) is 6.07 Å². The van der Waals surface area contributed by atoms with E-state index in [-0.39, 0.29) is 11.7 Å². The van der Waals surface area contributed by atoms with Gasteiger partial charge in [-0.05, 0) is 87.7 Å². The Kier molecular flexibility index (Phi) is 7.28. The van der Waals surface area contributed by atoms with Gasteiger partial charge in [-0.2, -0.15) is 4.39 Å². The number of ether oxygens (including phenoxy) is 2. The maximum atomic E-state index is 14.4. The summed E-state index contributed by atoms with van der Waals surface area (Å²) in [7, 11) is 1.36. The molecule has 27 heavy (non-hydrogen) atoms. The van der Waals surface area contributed by atoms with Gasteiger partial charge in [-0.15, -0.1) is 0 Å². The highest BCUT2D eigenvalue weighted by Crippen LogP contribution is 2.42. The van der Waals surface area contributed by atoms with Crippen LogP contribution in [-0.2, 0) is 4.74 Å². The number of hydrogen-bond donors (Lipinski definition) is 0. The molecule has 1 aromatic carbocycles. The maximum Gasteiger partial charge on any atom is 0.200 e. The molecule has 0 bridgehead atoms. The van der Waals surface area contributed by atoms with Gasteiger partial charge in [-0.25, -0.2) is 4.39 Å². The van der Waals surface area contributed by atoms with Crippen molar-refractivity contribution in [1.29, 1.82) is 0 Å². The molecule has 1 heterocycles. The van der Waals surface area contributed by atoms with Gasteiger partial charge in [-0.3, -0.25) is 0 Å². The van der Waals surface area contributed by atoms with E-state index in [9.17, 15) is 8.78 Å². The lowest BCUT2D eigenvalue weighted by Gasteiger charge is -2.38. The van der Waals surface area contributed by atoms with E-state index in [2.05, 4.69) is 19.1 Å². The zero-order valence-electron chi connectivity index (χ0n) is 16.6. The average Bonchev–Trinajstić information content (AvgIpc) is 2.71. The molecule has 150 valence electrons. The van der Waals surface area contributed by atoms with Crippen molar-refractivity contribution in [2.24, 2.45) is 11.8 Å². The van der Waals surface area contributed by atoms with Gasteiger partial charge in [-0.1, -0.05) is 18.2 Å². The SMILES string of the molecule is C/C=C/CCC1CCC(C2CCC(c3ccc(OC)c(F)c3F)CC2)OC1. The Morgan fingerprint density at radius 2 is 1.85 bits per heavy atom. The fraction of sp³-hybridized carbons (Fsp3) is 0.652. The van der Waals surface area contributed by atoms with Crippen LogP contribution < -0.4 is 4.74 Å². The molecule has 2 nitrogen and oxygen atoms in total. The molecular weight excluding hydrogens is 346 g/mol. The minimum Gasteiger partial charge on any atom is -0.494 e. The molecule has 4 heteroatoms. The van der Waals surface area contributed by atoms with Gasteiger partial charge in [0.2, 0.25) is 5.82 Å². The van der Waals surface area contributed by atoms with E-state index in [0.29, 0.717) is 23.5 Å². The summed E-state index contributed by atoms with van der Waals surface area (Å²) in [5, 5.41) is 0. The molecule has 1 aliphatic carbocycles. The molecular formula is C23H32F2O2. The number of methoxy groups -OCH3 is 1. The number of benzene rings is 1. The lowest BCUT2D eigenvalue weighted by molar-refractivity contribution is -0.0573. The Balaban J connectivity index is 1.49. The van der Waals surface area contributed by atoms with Crippen LogP contribution in [0.1, 0.15) is 69.8 Å². The Labute approximate surface area is 161 Å². The van der Waals surface area contributed by atoms with E-state index < -0.39 is 11.6 Å². The predicted molar refractivity (Wildman–Crippen MR) is 104 cm³/mol. The van der Waals surface area contributed by atoms with Crippen LogP contribution in [0.15, 0.2) is 24.3 Å². The third kappa shape index (κ3) is 4.90. The van der Waals surface area contributed by atoms with Crippen molar-refractivity contribution >= 4 is 0 Å². The van der Waals surface area contributed by atoms with Crippen molar-refractivity contribution in [2.45, 2.75) is 70.3 Å². The highest BCUT2D eigenvalue weighted by atomic mass is 19.2. The summed E-state index contributed by atoms with van der Waals surface area (Å²) in [5.74, 6) is -0.287. The van der Waals surface area contributed by atoms with Crippen molar-refractivity contribution in [3.63, 3.8) is 0 Å². The summed E-state index contributed by atoms with van der Waals surface area (Å²) in [5.41, 5.74) is 0.500. The second kappa shape index (κ2) is 9.68. The first-order valence-corrected chi connectivity index (χ1v) is 10.4. The van der Waals surface area contributed by atoms with E-state index in [0.717, 1.165) is 45.1 Å². The molecule has 0 radical (unpaired) electrons. The summed E-state index contributed by atoms with van der Waals surface area (Å²) in [6.45, 7) is 2.94. The third-order valence-electron chi connectivity index (χ3n) is 6.42. The van der Waals surface area contributed by atoms with Gasteiger partial charge >= 0.3 is 0 Å². The van der Waals surface area contributed by atoms with E-state index in [1.165, 1.54) is 26.0 Å². The third-order valence-corrected chi connectivity index (χ3v) is 6.42. The molecule has 1 saturated heterocycles. The first-order valence-electron chi connectivity index (χ1n) is 10.4. The first-order chi connectivity index (χ1) is 13.1. The van der Waals surface area contributed by atoms with E-state index in [1.807, 2.05) is 0 Å². The number of hydrogen-bond acceptors (Lipinski definition) is 2. The summed E-state index contributed by atoms with van der Waals surface area (Å²) in [6.07, 6.45) is 13.3. The average molecular weight is 379 g/mol. The van der Waals surface area contributed by atoms with Gasteiger partial charge in [0.25, 0.3) is 0 Å². The van der Waals surface area contributed by atoms with Crippen molar-refractivity contribution in [2.75, 3.05) is 13.7 Å². The summed E-state index contributed by atoms with van der Waals surface area (Å²) >= 11 is 0. The van der Waals surface area contributed by atoms with Crippen LogP contribution in [0.25, 0.3) is 0 Å². The standard InChI is InChI=1S/C23H32F2O2/c1-3-4-5-6-16-7-13-20(27-15-16)18-10-8-17(9-11-18)19-12-14-21(26-2)23(25)22(19)24/h3-4,12,14,16-18,20H,5-11,13,15H2,1-2H3/b4-3+. The molecule has 0 spiro atoms. The van der Waals surface area contributed by atoms with Gasteiger partial charge in [0.15, 0.2) is 11.6 Å². The quantitative estimate of drug-likeness (QED) is 0.533. The normalized spacial score (nSPS) is 29.2. The van der Waals surface area contributed by atoms with Crippen molar-refractivity contribution < 1.29 is 18.3 Å². The maximum absolute atomic E-state index is 14.4. The molecule has 1 aliphatic heterocycles. The second-order valence-electron chi connectivity index (χ2n) is 8.06. The zero-order valence-corrected chi connectivity index (χ0v) is 16.6. The van der Waals surface area contributed by atoms with Crippen LogP contribution in [0, 0.1) is 23.5 Å². The largest absolute Gasteiger partial charge is 0.494 e. The summed E-state index contributed by atoms with van der Waals surface area (Å²) in [4.78, 5) is 0. The van der Waals surface area contributed by atoms with Crippen LogP contribution >= 0.6 is 0 Å². The number of rotatable bonds is 6. The minimum atomic E-state index is -0.864. The molecule has 1 aromatic rings. The summed E-state index contributed by atoms with van der Waals surface area (Å²) < 4.78 is 39.4. The highest BCUT2D eigenvalue weighted by molar-refractivity contribution is 5.33. The van der Waals surface area contributed by atoms with Crippen LogP contribution in [0.5, 0.6) is 5.75 Å².